The maximum Gasteiger partial charge on any atom is 0.257 e. The Balaban J connectivity index is 2.03. The molecule has 2 N–H and O–H groups in total. The van der Waals surface area contributed by atoms with Gasteiger partial charge in [0.2, 0.25) is 5.91 Å². The Morgan fingerprint density at radius 1 is 1.10 bits per heavy atom. The maximum absolute atomic E-state index is 13.1. The summed E-state index contributed by atoms with van der Waals surface area (Å²) in [5.41, 5.74) is 1.44. The van der Waals surface area contributed by atoms with E-state index in [0.717, 1.165) is 0 Å². The van der Waals surface area contributed by atoms with Crippen LogP contribution in [0.25, 0.3) is 11.4 Å². The Morgan fingerprint density at radius 2 is 1.80 bits per heavy atom. The van der Waals surface area contributed by atoms with Gasteiger partial charge in [-0.1, -0.05) is 46.9 Å². The van der Waals surface area contributed by atoms with Crippen molar-refractivity contribution in [3.63, 3.8) is 0 Å². The molecule has 9 heteroatoms. The molecule has 2 aromatic carbocycles. The van der Waals surface area contributed by atoms with E-state index in [1.165, 1.54) is 4.57 Å². The van der Waals surface area contributed by atoms with E-state index in [1.54, 1.807) is 49.4 Å². The van der Waals surface area contributed by atoms with Gasteiger partial charge in [-0.2, -0.15) is 0 Å². The zero-order valence-corrected chi connectivity index (χ0v) is 18.2. The van der Waals surface area contributed by atoms with E-state index in [2.05, 4.69) is 10.3 Å². The minimum atomic E-state index is -0.459. The Bertz CT molecular complexity index is 1140. The number of aromatic nitrogens is 2. The molecule has 156 valence electrons. The van der Waals surface area contributed by atoms with E-state index in [9.17, 15) is 14.7 Å². The number of amides is 1. The van der Waals surface area contributed by atoms with Crippen molar-refractivity contribution >= 4 is 46.4 Å². The van der Waals surface area contributed by atoms with Gasteiger partial charge in [-0.25, -0.2) is 4.98 Å². The molecule has 0 atom stereocenters. The lowest BCUT2D eigenvalue weighted by atomic mass is 10.1. The van der Waals surface area contributed by atoms with Gasteiger partial charge in [-0.15, -0.1) is 0 Å². The number of hydrogen-bond donors (Lipinski definition) is 2. The third-order valence-electron chi connectivity index (χ3n) is 4.36. The van der Waals surface area contributed by atoms with Gasteiger partial charge in [0.1, 0.15) is 12.4 Å². The number of nitrogens with zero attached hydrogens (tertiary/aromatic N) is 2. The highest BCUT2D eigenvalue weighted by Gasteiger charge is 2.18. The molecule has 0 aliphatic rings. The van der Waals surface area contributed by atoms with E-state index in [-0.39, 0.29) is 19.6 Å². The van der Waals surface area contributed by atoms with Crippen molar-refractivity contribution in [2.24, 2.45) is 0 Å². The Hall–Kier alpha value is -2.38. The van der Waals surface area contributed by atoms with Crippen LogP contribution >= 0.6 is 34.8 Å². The van der Waals surface area contributed by atoms with E-state index in [0.29, 0.717) is 43.4 Å². The molecule has 6 nitrogen and oxygen atoms in total. The molecule has 0 aliphatic carbocycles. The molecule has 1 amide bonds. The standard InChI is InChI=1S/C21H18Cl3N3O3/c1-12-18(5-6-28)21(30)27(20(25-12)13-3-2-4-14(22)7-13)11-19(29)26-17-9-15(23)8-16(24)10-17/h2-4,7-10,28H,5-6,11H2,1H3,(H,26,29). The number of halogens is 3. The van der Waals surface area contributed by atoms with Gasteiger partial charge in [0.15, 0.2) is 0 Å². The fourth-order valence-electron chi connectivity index (χ4n) is 3.06. The first-order valence-electron chi connectivity index (χ1n) is 9.01. The fourth-order valence-corrected chi connectivity index (χ4v) is 3.78. The lowest BCUT2D eigenvalue weighted by Gasteiger charge is -2.16. The quantitative estimate of drug-likeness (QED) is 0.565. The van der Waals surface area contributed by atoms with Crippen molar-refractivity contribution in [3.05, 3.63) is 79.1 Å². The van der Waals surface area contributed by atoms with Crippen LogP contribution in [0.4, 0.5) is 5.69 Å². The summed E-state index contributed by atoms with van der Waals surface area (Å²) < 4.78 is 1.27. The number of aliphatic hydroxyl groups excluding tert-OH is 1. The lowest BCUT2D eigenvalue weighted by Crippen LogP contribution is -2.33. The van der Waals surface area contributed by atoms with Crippen molar-refractivity contribution in [3.8, 4) is 11.4 Å². The fraction of sp³-hybridized carbons (Fsp3) is 0.190. The Labute approximate surface area is 188 Å². The van der Waals surface area contributed by atoms with E-state index < -0.39 is 11.5 Å². The predicted molar refractivity (Wildman–Crippen MR) is 120 cm³/mol. The van der Waals surface area contributed by atoms with Crippen LogP contribution in [0.15, 0.2) is 47.3 Å². The Kier molecular flexibility index (Phi) is 7.15. The lowest BCUT2D eigenvalue weighted by molar-refractivity contribution is -0.116. The second kappa shape index (κ2) is 9.62. The molecule has 0 bridgehead atoms. The van der Waals surface area contributed by atoms with Crippen LogP contribution in [0.2, 0.25) is 15.1 Å². The summed E-state index contributed by atoms with van der Waals surface area (Å²) in [7, 11) is 0. The normalized spacial score (nSPS) is 10.8. The van der Waals surface area contributed by atoms with Crippen molar-refractivity contribution in [1.29, 1.82) is 0 Å². The third-order valence-corrected chi connectivity index (χ3v) is 5.03. The highest BCUT2D eigenvalue weighted by molar-refractivity contribution is 6.35. The van der Waals surface area contributed by atoms with Gasteiger partial charge in [-0.3, -0.25) is 14.2 Å². The van der Waals surface area contributed by atoms with Crippen LogP contribution < -0.4 is 10.9 Å². The van der Waals surface area contributed by atoms with E-state index >= 15 is 0 Å². The topological polar surface area (TPSA) is 84.2 Å². The number of aryl methyl sites for hydroxylation is 1. The van der Waals surface area contributed by atoms with Crippen molar-refractivity contribution in [2.45, 2.75) is 19.9 Å². The average molecular weight is 467 g/mol. The van der Waals surface area contributed by atoms with Gasteiger partial charge in [0.25, 0.3) is 5.56 Å². The van der Waals surface area contributed by atoms with Crippen LogP contribution in [0.1, 0.15) is 11.3 Å². The monoisotopic (exact) mass is 465 g/mol. The summed E-state index contributed by atoms with van der Waals surface area (Å²) in [6.45, 7) is 1.19. The number of carbonyl (C=O) groups excluding carboxylic acids is 1. The predicted octanol–water partition coefficient (Wildman–Crippen LogP) is 4.35. The number of aliphatic hydroxyl groups is 1. The molecule has 0 unspecified atom stereocenters. The van der Waals surface area contributed by atoms with Crippen LogP contribution in [-0.4, -0.2) is 27.2 Å². The van der Waals surface area contributed by atoms with Crippen LogP contribution in [-0.2, 0) is 17.8 Å². The molecule has 0 aliphatic heterocycles. The van der Waals surface area contributed by atoms with Crippen molar-refractivity contribution < 1.29 is 9.90 Å². The van der Waals surface area contributed by atoms with Gasteiger partial charge in [0, 0.05) is 50.6 Å². The van der Waals surface area contributed by atoms with Gasteiger partial charge in [0.05, 0.1) is 0 Å². The van der Waals surface area contributed by atoms with Gasteiger partial charge < -0.3 is 10.4 Å². The number of nitrogens with one attached hydrogen (secondary N) is 1. The summed E-state index contributed by atoms with van der Waals surface area (Å²) in [6, 6.07) is 11.5. The van der Waals surface area contributed by atoms with Crippen LogP contribution in [0.5, 0.6) is 0 Å². The number of rotatable bonds is 6. The first-order chi connectivity index (χ1) is 14.3. The van der Waals surface area contributed by atoms with Gasteiger partial charge in [-0.05, 0) is 37.3 Å². The van der Waals surface area contributed by atoms with E-state index in [1.807, 2.05) is 0 Å². The smallest absolute Gasteiger partial charge is 0.257 e. The zero-order chi connectivity index (χ0) is 21.8. The highest BCUT2D eigenvalue weighted by atomic mass is 35.5. The molecule has 0 fully saturated rings. The van der Waals surface area contributed by atoms with E-state index in [4.69, 9.17) is 34.8 Å². The molecule has 1 aromatic heterocycles. The second-order valence-corrected chi connectivity index (χ2v) is 7.89. The first-order valence-corrected chi connectivity index (χ1v) is 10.1. The molecule has 0 saturated carbocycles. The number of benzene rings is 2. The maximum atomic E-state index is 13.1. The average Bonchev–Trinajstić information content (AvgIpc) is 2.66. The summed E-state index contributed by atoms with van der Waals surface area (Å²) in [5, 5.41) is 13.2. The zero-order valence-electron chi connectivity index (χ0n) is 16.0. The molecule has 0 radical (unpaired) electrons. The molecule has 3 aromatic rings. The second-order valence-electron chi connectivity index (χ2n) is 6.58. The Morgan fingerprint density at radius 3 is 2.43 bits per heavy atom. The van der Waals surface area contributed by atoms with Gasteiger partial charge >= 0.3 is 0 Å². The molecule has 0 saturated heterocycles. The first kappa shape index (κ1) is 22.3. The minimum absolute atomic E-state index is 0.138. The van der Waals surface area contributed by atoms with Crippen molar-refractivity contribution in [2.75, 3.05) is 11.9 Å². The largest absolute Gasteiger partial charge is 0.396 e. The molecule has 1 heterocycles. The third kappa shape index (κ3) is 5.21. The summed E-state index contributed by atoms with van der Waals surface area (Å²) in [5.74, 6) is -0.153. The SMILES string of the molecule is Cc1nc(-c2cccc(Cl)c2)n(CC(=O)Nc2cc(Cl)cc(Cl)c2)c(=O)c1CCO. The van der Waals surface area contributed by atoms with Crippen LogP contribution in [0.3, 0.4) is 0 Å². The minimum Gasteiger partial charge on any atom is -0.396 e. The highest BCUT2D eigenvalue weighted by Crippen LogP contribution is 2.24. The molecule has 30 heavy (non-hydrogen) atoms. The molecule has 3 rings (SSSR count). The summed E-state index contributed by atoms with van der Waals surface area (Å²) in [6.07, 6.45) is 0.138. The number of hydrogen-bond acceptors (Lipinski definition) is 4. The number of carbonyl (C=O) groups is 1. The molecule has 0 spiro atoms. The van der Waals surface area contributed by atoms with Crippen LogP contribution in [0, 0.1) is 6.92 Å². The number of anilines is 1. The summed E-state index contributed by atoms with van der Waals surface area (Å²) in [4.78, 5) is 30.3. The molecular weight excluding hydrogens is 449 g/mol. The summed E-state index contributed by atoms with van der Waals surface area (Å²) >= 11 is 18.0. The van der Waals surface area contributed by atoms with Crippen molar-refractivity contribution in [1.82, 2.24) is 9.55 Å². The molecular formula is C21H18Cl3N3O3.